The Morgan fingerprint density at radius 3 is 1.73 bits per heavy atom. The maximum Gasteiger partial charge on any atom is 0.266 e. The van der Waals surface area contributed by atoms with Gasteiger partial charge in [0.1, 0.15) is 0 Å². The molecule has 128 valence electrons. The van der Waals surface area contributed by atoms with Gasteiger partial charge in [-0.1, -0.05) is 91.0 Å². The summed E-state index contributed by atoms with van der Waals surface area (Å²) < 4.78 is 0. The number of benzene rings is 3. The van der Waals surface area contributed by atoms with Crippen molar-refractivity contribution >= 4 is 11.9 Å². The van der Waals surface area contributed by atoms with Crippen molar-refractivity contribution in [1.29, 1.82) is 0 Å². The highest BCUT2D eigenvalue weighted by Gasteiger charge is 2.50. The fourth-order valence-corrected chi connectivity index (χ4v) is 3.40. The second kappa shape index (κ2) is 6.48. The number of nitrogens with zero attached hydrogens (tertiary/aromatic N) is 2. The van der Waals surface area contributed by atoms with Crippen molar-refractivity contribution in [2.45, 2.75) is 12.1 Å². The summed E-state index contributed by atoms with van der Waals surface area (Å²) in [5, 5.41) is 0. The van der Waals surface area contributed by atoms with Gasteiger partial charge in [-0.25, -0.2) is 4.99 Å². The van der Waals surface area contributed by atoms with Gasteiger partial charge in [-0.3, -0.25) is 9.69 Å². The van der Waals surface area contributed by atoms with Gasteiger partial charge in [0.15, 0.2) is 11.5 Å². The van der Waals surface area contributed by atoms with Crippen LogP contribution in [0.5, 0.6) is 0 Å². The number of amides is 1. The van der Waals surface area contributed by atoms with Gasteiger partial charge >= 0.3 is 0 Å². The highest BCUT2D eigenvalue weighted by atomic mass is 16.2. The van der Waals surface area contributed by atoms with Crippen molar-refractivity contribution < 1.29 is 4.79 Å². The first-order chi connectivity index (χ1) is 12.7. The molecule has 0 spiro atoms. The van der Waals surface area contributed by atoms with Gasteiger partial charge in [-0.2, -0.15) is 0 Å². The van der Waals surface area contributed by atoms with Gasteiger partial charge in [0.05, 0.1) is 6.54 Å². The summed E-state index contributed by atoms with van der Waals surface area (Å²) in [7, 11) is 0. The quantitative estimate of drug-likeness (QED) is 0.792. The van der Waals surface area contributed by atoms with Crippen molar-refractivity contribution in [3.05, 3.63) is 108 Å². The Labute approximate surface area is 152 Å². The lowest BCUT2D eigenvalue weighted by molar-refractivity contribution is -0.130. The Hall–Kier alpha value is -3.40. The van der Waals surface area contributed by atoms with E-state index in [1.807, 2.05) is 91.0 Å². The summed E-state index contributed by atoms with van der Waals surface area (Å²) in [4.78, 5) is 19.8. The molecule has 0 unspecified atom stereocenters. The smallest absolute Gasteiger partial charge is 0.266 e. The van der Waals surface area contributed by atoms with E-state index in [-0.39, 0.29) is 11.9 Å². The van der Waals surface area contributed by atoms with Crippen LogP contribution >= 0.6 is 0 Å². The lowest BCUT2D eigenvalue weighted by Crippen LogP contribution is -2.43. The normalized spacial score (nSPS) is 15.8. The third-order valence-electron chi connectivity index (χ3n) is 4.68. The Morgan fingerprint density at radius 2 is 1.23 bits per heavy atom. The van der Waals surface area contributed by atoms with Gasteiger partial charge < -0.3 is 5.73 Å². The van der Waals surface area contributed by atoms with E-state index in [1.54, 1.807) is 4.90 Å². The number of carbonyl (C=O) groups excluding carboxylic acids is 1. The first kappa shape index (κ1) is 16.1. The molecule has 2 N–H and O–H groups in total. The number of aliphatic imine (C=N–C) groups is 1. The summed E-state index contributed by atoms with van der Waals surface area (Å²) in [6, 6.07) is 29.0. The molecule has 0 bridgehead atoms. The largest absolute Gasteiger partial charge is 0.369 e. The SMILES string of the molecule is NC1=NC(c2ccccc2)(c2ccccc2)C(=O)N1Cc1ccccc1. The van der Waals surface area contributed by atoms with E-state index >= 15 is 0 Å². The van der Waals surface area contributed by atoms with Crippen molar-refractivity contribution in [1.82, 2.24) is 4.90 Å². The highest BCUT2D eigenvalue weighted by Crippen LogP contribution is 2.39. The summed E-state index contributed by atoms with van der Waals surface area (Å²) in [5.41, 5.74) is 7.72. The average Bonchev–Trinajstić information content (AvgIpc) is 2.96. The minimum atomic E-state index is -1.14. The van der Waals surface area contributed by atoms with Gasteiger partial charge in [0, 0.05) is 0 Å². The topological polar surface area (TPSA) is 58.7 Å². The summed E-state index contributed by atoms with van der Waals surface area (Å²) in [6.45, 7) is 0.399. The fourth-order valence-electron chi connectivity index (χ4n) is 3.40. The van der Waals surface area contributed by atoms with Crippen LogP contribution in [0, 0.1) is 0 Å². The minimum Gasteiger partial charge on any atom is -0.369 e. The van der Waals surface area contributed by atoms with Gasteiger partial charge in [0.25, 0.3) is 5.91 Å². The zero-order chi connectivity index (χ0) is 18.0. The molecule has 1 amide bonds. The molecular weight excluding hydrogens is 322 g/mol. The fraction of sp³-hybridized carbons (Fsp3) is 0.0909. The molecule has 0 saturated heterocycles. The van der Waals surface area contributed by atoms with Crippen molar-refractivity contribution in [3.63, 3.8) is 0 Å². The molecule has 0 aromatic heterocycles. The molecule has 0 saturated carbocycles. The highest BCUT2D eigenvalue weighted by molar-refractivity contribution is 6.09. The third-order valence-corrected chi connectivity index (χ3v) is 4.68. The second-order valence-electron chi connectivity index (χ2n) is 6.29. The standard InChI is InChI=1S/C22H19N3O/c23-21-24-22(18-12-6-2-7-13-18,19-14-8-3-9-15-19)20(26)25(21)16-17-10-4-1-5-11-17/h1-15H,16H2,(H2,23,24). The maximum absolute atomic E-state index is 13.6. The van der Waals surface area contributed by atoms with Crippen LogP contribution in [0.1, 0.15) is 16.7 Å². The van der Waals surface area contributed by atoms with E-state index in [9.17, 15) is 4.79 Å². The van der Waals surface area contributed by atoms with Crippen LogP contribution in [0.15, 0.2) is 96.0 Å². The van der Waals surface area contributed by atoms with Crippen LogP contribution in [0.25, 0.3) is 0 Å². The Bertz CT molecular complexity index is 897. The van der Waals surface area contributed by atoms with E-state index in [0.717, 1.165) is 16.7 Å². The maximum atomic E-state index is 13.6. The monoisotopic (exact) mass is 341 g/mol. The molecule has 0 atom stereocenters. The zero-order valence-corrected chi connectivity index (χ0v) is 14.2. The van der Waals surface area contributed by atoms with Crippen LogP contribution < -0.4 is 5.73 Å². The number of rotatable bonds is 4. The molecule has 3 aromatic carbocycles. The molecule has 4 rings (SSSR count). The van der Waals surface area contributed by atoms with E-state index in [1.165, 1.54) is 0 Å². The summed E-state index contributed by atoms with van der Waals surface area (Å²) >= 11 is 0. The minimum absolute atomic E-state index is 0.128. The lowest BCUT2D eigenvalue weighted by Gasteiger charge is -2.27. The van der Waals surface area contributed by atoms with Crippen LogP contribution in [0.3, 0.4) is 0 Å². The van der Waals surface area contributed by atoms with Gasteiger partial charge in [0.2, 0.25) is 0 Å². The molecule has 0 aliphatic carbocycles. The Balaban J connectivity index is 1.82. The second-order valence-corrected chi connectivity index (χ2v) is 6.29. The first-order valence-corrected chi connectivity index (χ1v) is 8.54. The van der Waals surface area contributed by atoms with Crippen molar-refractivity contribution in [3.8, 4) is 0 Å². The predicted octanol–water partition coefficient (Wildman–Crippen LogP) is 3.29. The zero-order valence-electron chi connectivity index (χ0n) is 14.2. The van der Waals surface area contributed by atoms with Crippen LogP contribution in [-0.2, 0) is 16.9 Å². The molecular formula is C22H19N3O. The van der Waals surface area contributed by atoms with E-state index in [4.69, 9.17) is 5.73 Å². The predicted molar refractivity (Wildman–Crippen MR) is 102 cm³/mol. The molecule has 26 heavy (non-hydrogen) atoms. The molecule has 4 heteroatoms. The van der Waals surface area contributed by atoms with Gasteiger partial charge in [-0.05, 0) is 16.7 Å². The molecule has 1 heterocycles. The van der Waals surface area contributed by atoms with E-state index in [2.05, 4.69) is 4.99 Å². The van der Waals surface area contributed by atoms with E-state index in [0.29, 0.717) is 6.54 Å². The molecule has 1 aliphatic rings. The molecule has 0 radical (unpaired) electrons. The number of hydrogen-bond donors (Lipinski definition) is 1. The number of guanidine groups is 1. The summed E-state index contributed by atoms with van der Waals surface area (Å²) in [6.07, 6.45) is 0. The Kier molecular flexibility index (Phi) is 4.01. The van der Waals surface area contributed by atoms with Crippen molar-refractivity contribution in [2.75, 3.05) is 0 Å². The first-order valence-electron chi connectivity index (χ1n) is 8.54. The molecule has 0 fully saturated rings. The van der Waals surface area contributed by atoms with Gasteiger partial charge in [-0.15, -0.1) is 0 Å². The van der Waals surface area contributed by atoms with Crippen LogP contribution in [-0.4, -0.2) is 16.8 Å². The lowest BCUT2D eigenvalue weighted by atomic mass is 9.83. The van der Waals surface area contributed by atoms with Crippen LogP contribution in [0.2, 0.25) is 0 Å². The molecule has 4 nitrogen and oxygen atoms in total. The third kappa shape index (κ3) is 2.56. The average molecular weight is 341 g/mol. The van der Waals surface area contributed by atoms with Crippen molar-refractivity contribution in [2.24, 2.45) is 10.7 Å². The number of nitrogens with two attached hydrogens (primary N) is 1. The van der Waals surface area contributed by atoms with E-state index < -0.39 is 5.54 Å². The Morgan fingerprint density at radius 1 is 0.769 bits per heavy atom. The molecule has 1 aliphatic heterocycles. The summed E-state index contributed by atoms with van der Waals surface area (Å²) in [5.74, 6) is 0.114. The van der Waals surface area contributed by atoms with Crippen LogP contribution in [0.4, 0.5) is 0 Å². The number of hydrogen-bond acceptors (Lipinski definition) is 3. The number of carbonyl (C=O) groups is 1. The molecule has 3 aromatic rings.